The SMILES string of the molecule is Cc1ccc(NC(=O)COC(=O)C[C@H]2C[C@@H]3CC[C@@H]2C3)cc1Cl. The lowest BCUT2D eigenvalue weighted by Gasteiger charge is -2.20. The van der Waals surface area contributed by atoms with Crippen molar-refractivity contribution >= 4 is 29.2 Å². The molecule has 0 unspecified atom stereocenters. The van der Waals surface area contributed by atoms with Gasteiger partial charge in [-0.2, -0.15) is 0 Å². The fourth-order valence-electron chi connectivity index (χ4n) is 3.91. The quantitative estimate of drug-likeness (QED) is 0.829. The summed E-state index contributed by atoms with van der Waals surface area (Å²) in [5, 5.41) is 3.28. The van der Waals surface area contributed by atoms with E-state index in [-0.39, 0.29) is 18.5 Å². The van der Waals surface area contributed by atoms with Crippen molar-refractivity contribution in [3.05, 3.63) is 28.8 Å². The molecule has 1 N–H and O–H groups in total. The van der Waals surface area contributed by atoms with E-state index in [0.29, 0.717) is 29.0 Å². The molecule has 0 heterocycles. The minimum atomic E-state index is -0.341. The van der Waals surface area contributed by atoms with Gasteiger partial charge in [-0.05, 0) is 61.6 Å². The molecule has 124 valence electrons. The molecule has 3 rings (SSSR count). The highest BCUT2D eigenvalue weighted by Gasteiger charge is 2.40. The summed E-state index contributed by atoms with van der Waals surface area (Å²) in [6.07, 6.45) is 5.43. The van der Waals surface area contributed by atoms with Crippen LogP contribution in [-0.2, 0) is 14.3 Å². The molecule has 1 aromatic rings. The minimum absolute atomic E-state index is 0.245. The lowest BCUT2D eigenvalue weighted by Crippen LogP contribution is -2.23. The first-order valence-corrected chi connectivity index (χ1v) is 8.60. The molecule has 2 saturated carbocycles. The van der Waals surface area contributed by atoms with E-state index in [1.54, 1.807) is 12.1 Å². The summed E-state index contributed by atoms with van der Waals surface area (Å²) >= 11 is 6.01. The molecule has 1 aromatic carbocycles. The summed E-state index contributed by atoms with van der Waals surface area (Å²) in [5.41, 5.74) is 1.55. The van der Waals surface area contributed by atoms with Crippen molar-refractivity contribution < 1.29 is 14.3 Å². The third-order valence-corrected chi connectivity index (χ3v) is 5.54. The standard InChI is InChI=1S/C18H22ClNO3/c1-11-2-5-15(9-16(11)19)20-17(21)10-23-18(22)8-14-7-12-3-4-13(14)6-12/h2,5,9,12-14H,3-4,6-8,10H2,1H3,(H,20,21)/t12-,13-,14-/m1/s1. The van der Waals surface area contributed by atoms with Crippen LogP contribution in [0.4, 0.5) is 5.69 Å². The Morgan fingerprint density at radius 3 is 2.78 bits per heavy atom. The number of esters is 1. The summed E-state index contributed by atoms with van der Waals surface area (Å²) in [4.78, 5) is 23.8. The van der Waals surface area contributed by atoms with Gasteiger partial charge in [0.25, 0.3) is 5.91 Å². The molecule has 4 nitrogen and oxygen atoms in total. The number of nitrogens with one attached hydrogen (secondary N) is 1. The van der Waals surface area contributed by atoms with Crippen LogP contribution in [0.1, 0.15) is 37.7 Å². The van der Waals surface area contributed by atoms with E-state index >= 15 is 0 Å². The topological polar surface area (TPSA) is 55.4 Å². The monoisotopic (exact) mass is 335 g/mol. The van der Waals surface area contributed by atoms with Crippen LogP contribution in [0.2, 0.25) is 5.02 Å². The van der Waals surface area contributed by atoms with Crippen LogP contribution in [0, 0.1) is 24.7 Å². The molecule has 0 spiro atoms. The zero-order valence-electron chi connectivity index (χ0n) is 13.3. The zero-order chi connectivity index (χ0) is 16.4. The van der Waals surface area contributed by atoms with Gasteiger partial charge in [-0.1, -0.05) is 24.1 Å². The number of aryl methyl sites for hydroxylation is 1. The number of hydrogen-bond donors (Lipinski definition) is 1. The number of amides is 1. The van der Waals surface area contributed by atoms with Gasteiger partial charge in [0.1, 0.15) is 0 Å². The summed E-state index contributed by atoms with van der Waals surface area (Å²) in [5.74, 6) is 1.36. The van der Waals surface area contributed by atoms with Gasteiger partial charge < -0.3 is 10.1 Å². The molecule has 23 heavy (non-hydrogen) atoms. The van der Waals surface area contributed by atoms with E-state index in [1.165, 1.54) is 19.3 Å². The molecular weight excluding hydrogens is 314 g/mol. The van der Waals surface area contributed by atoms with Gasteiger partial charge in [-0.3, -0.25) is 9.59 Å². The highest BCUT2D eigenvalue weighted by atomic mass is 35.5. The number of anilines is 1. The van der Waals surface area contributed by atoms with Gasteiger partial charge in [0, 0.05) is 17.1 Å². The molecule has 3 atom stereocenters. The van der Waals surface area contributed by atoms with Crippen molar-refractivity contribution in [3.8, 4) is 0 Å². The highest BCUT2D eigenvalue weighted by Crippen LogP contribution is 2.49. The minimum Gasteiger partial charge on any atom is -0.456 e. The van der Waals surface area contributed by atoms with Crippen LogP contribution < -0.4 is 5.32 Å². The number of fused-ring (bicyclic) bond motifs is 2. The van der Waals surface area contributed by atoms with E-state index in [4.69, 9.17) is 16.3 Å². The molecule has 2 aliphatic carbocycles. The molecule has 0 radical (unpaired) electrons. The van der Waals surface area contributed by atoms with E-state index in [1.807, 2.05) is 13.0 Å². The molecule has 5 heteroatoms. The first-order chi connectivity index (χ1) is 11.0. The average molecular weight is 336 g/mol. The number of carbonyl (C=O) groups excluding carboxylic acids is 2. The van der Waals surface area contributed by atoms with Crippen molar-refractivity contribution in [1.82, 2.24) is 0 Å². The number of hydrogen-bond acceptors (Lipinski definition) is 3. The van der Waals surface area contributed by atoms with E-state index in [0.717, 1.165) is 17.9 Å². The number of benzene rings is 1. The lowest BCUT2D eigenvalue weighted by atomic mass is 9.86. The molecule has 2 fully saturated rings. The van der Waals surface area contributed by atoms with Crippen LogP contribution in [0.3, 0.4) is 0 Å². The maximum Gasteiger partial charge on any atom is 0.306 e. The van der Waals surface area contributed by atoms with E-state index in [2.05, 4.69) is 5.32 Å². The van der Waals surface area contributed by atoms with Crippen LogP contribution in [-0.4, -0.2) is 18.5 Å². The second-order valence-electron chi connectivity index (χ2n) is 6.81. The third kappa shape index (κ3) is 4.05. The van der Waals surface area contributed by atoms with Crippen molar-refractivity contribution in [1.29, 1.82) is 0 Å². The number of carbonyl (C=O) groups is 2. The van der Waals surface area contributed by atoms with Crippen LogP contribution in [0.15, 0.2) is 18.2 Å². The van der Waals surface area contributed by atoms with Gasteiger partial charge in [0.15, 0.2) is 6.61 Å². The zero-order valence-corrected chi connectivity index (χ0v) is 14.1. The normalized spacial score (nSPS) is 25.4. The summed E-state index contributed by atoms with van der Waals surface area (Å²) in [7, 11) is 0. The predicted molar refractivity (Wildman–Crippen MR) is 89.3 cm³/mol. The molecule has 2 bridgehead atoms. The Labute approximate surface area is 141 Å². The summed E-state index contributed by atoms with van der Waals surface area (Å²) < 4.78 is 5.12. The first kappa shape index (κ1) is 16.3. The third-order valence-electron chi connectivity index (χ3n) is 5.13. The van der Waals surface area contributed by atoms with Crippen molar-refractivity contribution in [3.63, 3.8) is 0 Å². The maximum absolute atomic E-state index is 11.9. The van der Waals surface area contributed by atoms with Crippen molar-refractivity contribution in [2.75, 3.05) is 11.9 Å². The van der Waals surface area contributed by atoms with Crippen molar-refractivity contribution in [2.45, 2.75) is 39.0 Å². The van der Waals surface area contributed by atoms with Gasteiger partial charge in [0.2, 0.25) is 0 Å². The summed E-state index contributed by atoms with van der Waals surface area (Å²) in [6.45, 7) is 1.65. The Morgan fingerprint density at radius 1 is 1.30 bits per heavy atom. The second-order valence-corrected chi connectivity index (χ2v) is 7.22. The van der Waals surface area contributed by atoms with Gasteiger partial charge in [0.05, 0.1) is 0 Å². The Hall–Kier alpha value is -1.55. The Balaban J connectivity index is 1.41. The summed E-state index contributed by atoms with van der Waals surface area (Å²) in [6, 6.07) is 5.29. The van der Waals surface area contributed by atoms with Crippen LogP contribution >= 0.6 is 11.6 Å². The molecule has 1 amide bonds. The second kappa shape index (κ2) is 6.91. The Morgan fingerprint density at radius 2 is 2.13 bits per heavy atom. The van der Waals surface area contributed by atoms with Gasteiger partial charge in [-0.15, -0.1) is 0 Å². The van der Waals surface area contributed by atoms with Crippen LogP contribution in [0.25, 0.3) is 0 Å². The molecule has 0 saturated heterocycles. The maximum atomic E-state index is 11.9. The van der Waals surface area contributed by atoms with Gasteiger partial charge >= 0.3 is 5.97 Å². The largest absolute Gasteiger partial charge is 0.456 e. The molecular formula is C18H22ClNO3. The molecule has 0 aromatic heterocycles. The fraction of sp³-hybridized carbons (Fsp3) is 0.556. The first-order valence-electron chi connectivity index (χ1n) is 8.23. The predicted octanol–water partition coefficient (Wildman–Crippen LogP) is 3.96. The number of ether oxygens (including phenoxy) is 1. The number of rotatable bonds is 5. The lowest BCUT2D eigenvalue weighted by molar-refractivity contribution is -0.148. The Kier molecular flexibility index (Phi) is 4.90. The fourth-order valence-corrected chi connectivity index (χ4v) is 4.09. The smallest absolute Gasteiger partial charge is 0.306 e. The molecule has 0 aliphatic heterocycles. The van der Waals surface area contributed by atoms with E-state index < -0.39 is 0 Å². The number of halogens is 1. The average Bonchev–Trinajstić information content (AvgIpc) is 3.12. The Bertz CT molecular complexity index is 616. The van der Waals surface area contributed by atoms with Crippen molar-refractivity contribution in [2.24, 2.45) is 17.8 Å². The van der Waals surface area contributed by atoms with E-state index in [9.17, 15) is 9.59 Å². The van der Waals surface area contributed by atoms with Crippen LogP contribution in [0.5, 0.6) is 0 Å². The highest BCUT2D eigenvalue weighted by molar-refractivity contribution is 6.31. The van der Waals surface area contributed by atoms with Gasteiger partial charge in [-0.25, -0.2) is 0 Å². The molecule has 2 aliphatic rings.